The molecule has 1 N–H and O–H groups in total. The molecule has 0 aliphatic heterocycles. The molecule has 1 aliphatic rings. The lowest BCUT2D eigenvalue weighted by Gasteiger charge is -2.21. The Morgan fingerprint density at radius 3 is 2.79 bits per heavy atom. The second-order valence-electron chi connectivity index (χ2n) is 2.94. The van der Waals surface area contributed by atoms with E-state index in [9.17, 15) is 4.79 Å². The Hall–Kier alpha value is -1.05. The molecule has 1 fully saturated rings. The molecule has 1 aliphatic carbocycles. The topological polar surface area (TPSA) is 32.9 Å². The average molecular weight is 202 g/mol. The molecule has 0 unspecified atom stereocenters. The molecule has 76 valence electrons. The summed E-state index contributed by atoms with van der Waals surface area (Å²) in [7, 11) is 0. The van der Waals surface area contributed by atoms with Crippen molar-refractivity contribution in [2.45, 2.75) is 44.7 Å². The zero-order chi connectivity index (χ0) is 19.9. The van der Waals surface area contributed by atoms with Gasteiger partial charge >= 0.3 is 0 Å². The predicted molar refractivity (Wildman–Crippen MR) is 57.6 cm³/mol. The highest BCUT2D eigenvalue weighted by Crippen LogP contribution is 2.31. The van der Waals surface area contributed by atoms with Crippen LogP contribution in [0.15, 0.2) is 16.9 Å². The van der Waals surface area contributed by atoms with Gasteiger partial charge in [-0.25, -0.2) is 0 Å². The maximum Gasteiger partial charge on any atom is 0.248 e. The second kappa shape index (κ2) is 3.99. The van der Waals surface area contributed by atoms with E-state index in [1.807, 2.05) is 0 Å². The molecule has 14 heavy (non-hydrogen) atoms. The van der Waals surface area contributed by atoms with Gasteiger partial charge in [-0.05, 0) is 37.2 Å². The maximum atomic E-state index is 11.7. The van der Waals surface area contributed by atoms with Gasteiger partial charge in [0.05, 0.1) is 0 Å². The van der Waals surface area contributed by atoms with Crippen molar-refractivity contribution in [3.05, 3.63) is 33.7 Å². The Morgan fingerprint density at radius 2 is 2.14 bits per heavy atom. The van der Waals surface area contributed by atoms with Gasteiger partial charge in [-0.2, -0.15) is 0 Å². The van der Waals surface area contributed by atoms with Gasteiger partial charge in [0, 0.05) is 26.8 Å². The van der Waals surface area contributed by atoms with Crippen LogP contribution < -0.4 is 5.56 Å². The normalized spacial score (nSPS) is 50.2. The summed E-state index contributed by atoms with van der Waals surface area (Å²) in [6, 6.07) is 2.17. The van der Waals surface area contributed by atoms with E-state index in [1.54, 1.807) is 0 Å². The molecule has 1 heterocycles. The Balaban J connectivity index is 2.99. The molecule has 0 radical (unpaired) electrons. The second-order valence-corrected chi connectivity index (χ2v) is 2.94. The average Bonchev–Trinajstić information content (AvgIpc) is 2.43. The molecule has 0 spiro atoms. The van der Waals surface area contributed by atoms with Crippen LogP contribution in [0.25, 0.3) is 0 Å². The molecule has 2 heteroatoms. The minimum absolute atomic E-state index is 0.242. The van der Waals surface area contributed by atoms with Crippen molar-refractivity contribution in [2.75, 3.05) is 0 Å². The van der Waals surface area contributed by atoms with E-state index >= 15 is 0 Å². The molecule has 0 amide bonds. The lowest BCUT2D eigenvalue weighted by molar-refractivity contribution is 0.436. The summed E-state index contributed by atoms with van der Waals surface area (Å²) in [6.07, 6.45) is -17.8. The van der Waals surface area contributed by atoms with Gasteiger partial charge in [-0.15, -0.1) is 0 Å². The van der Waals surface area contributed by atoms with Crippen molar-refractivity contribution in [1.29, 1.82) is 0 Å². The minimum atomic E-state index is -3.58. The Kier molecular flexibility index (Phi) is 0.847. The van der Waals surface area contributed by atoms with Gasteiger partial charge in [0.2, 0.25) is 5.56 Å². The van der Waals surface area contributed by atoms with E-state index in [4.69, 9.17) is 15.1 Å². The number of pyridine rings is 1. The Bertz CT molecular complexity index is 737. The van der Waals surface area contributed by atoms with Gasteiger partial charge in [0.25, 0.3) is 0 Å². The maximum absolute atomic E-state index is 11.7. The number of nitrogens with one attached hydrogen (secondary N) is 1. The number of aromatic amines is 1. The van der Waals surface area contributed by atoms with Gasteiger partial charge in [-0.1, -0.05) is 19.1 Å². The summed E-state index contributed by atoms with van der Waals surface area (Å²) in [5.74, 6) is -3.26. The summed E-state index contributed by atoms with van der Waals surface area (Å²) in [5, 5.41) is 0. The van der Waals surface area contributed by atoms with Crippen LogP contribution in [0.2, 0.25) is 0 Å². The number of aromatic nitrogens is 1. The van der Waals surface area contributed by atoms with Crippen molar-refractivity contribution in [3.63, 3.8) is 0 Å². The van der Waals surface area contributed by atoms with Crippen LogP contribution >= 0.6 is 0 Å². The molecule has 1 aromatic rings. The highest BCUT2D eigenvalue weighted by Gasteiger charge is 2.16. The monoisotopic (exact) mass is 202 g/mol. The van der Waals surface area contributed by atoms with Crippen LogP contribution in [-0.4, -0.2) is 4.98 Å². The summed E-state index contributed by atoms with van der Waals surface area (Å²) >= 11 is 0. The molecule has 0 bridgehead atoms. The third-order valence-electron chi connectivity index (χ3n) is 1.76. The van der Waals surface area contributed by atoms with Gasteiger partial charge in [0.1, 0.15) is 0 Å². The van der Waals surface area contributed by atoms with Crippen LogP contribution in [0.1, 0.15) is 64.1 Å². The molecular weight excluding hydrogens is 174 g/mol. The smallest absolute Gasteiger partial charge is 0.248 e. The first-order chi connectivity index (χ1) is 10.9. The largest absolute Gasteiger partial charge is 0.326 e. The molecular formula is C12H17NO. The van der Waals surface area contributed by atoms with E-state index in [1.165, 1.54) is 6.92 Å². The number of hydrogen-bond acceptors (Lipinski definition) is 1. The molecule has 1 aromatic heterocycles. The number of H-pyrrole nitrogens is 1. The zero-order valence-electron chi connectivity index (χ0n) is 18.6. The molecule has 2 rings (SSSR count). The third-order valence-corrected chi connectivity index (χ3v) is 1.76. The van der Waals surface area contributed by atoms with E-state index in [0.717, 1.165) is 12.1 Å². The highest BCUT2D eigenvalue weighted by molar-refractivity contribution is 5.18. The first-order valence-corrected chi connectivity index (χ1v) is 4.11. The fourth-order valence-corrected chi connectivity index (χ4v) is 1.20. The Morgan fingerprint density at radius 1 is 1.43 bits per heavy atom. The standard InChI is InChI=1S/C12H17NO/c1-9-7-11(13-12(14)8-9)10-5-3-2-4-6-10/h7-8,10H,2-6H2,1H3,(H,13,14)/i2D2,3D2,4D2,5D2,6D2,10D. The van der Waals surface area contributed by atoms with Crippen molar-refractivity contribution < 1.29 is 15.1 Å². The summed E-state index contributed by atoms with van der Waals surface area (Å²) in [4.78, 5) is 13.8. The fraction of sp³-hybridized carbons (Fsp3) is 0.583. The van der Waals surface area contributed by atoms with E-state index in [2.05, 4.69) is 4.98 Å². The van der Waals surface area contributed by atoms with Crippen LogP contribution in [0.4, 0.5) is 0 Å². The van der Waals surface area contributed by atoms with Gasteiger partial charge in [-0.3, -0.25) is 4.79 Å². The van der Waals surface area contributed by atoms with Crippen LogP contribution in [0.5, 0.6) is 0 Å². The number of aryl methyl sites for hydroxylation is 1. The summed E-state index contributed by atoms with van der Waals surface area (Å²) in [5.41, 5.74) is -1.20. The van der Waals surface area contributed by atoms with E-state index < -0.39 is 49.0 Å². The van der Waals surface area contributed by atoms with Crippen molar-refractivity contribution >= 4 is 0 Å². The lowest BCUT2D eigenvalue weighted by atomic mass is 9.86. The molecule has 1 saturated carbocycles. The lowest BCUT2D eigenvalue weighted by Crippen LogP contribution is -2.13. The first-order valence-electron chi connectivity index (χ1n) is 9.61. The minimum Gasteiger partial charge on any atom is -0.326 e. The first kappa shape index (κ1) is 2.97. The van der Waals surface area contributed by atoms with Crippen LogP contribution in [0, 0.1) is 6.92 Å². The SMILES string of the molecule is [2H]C1([2H])C([2H])([2H])C([2H])([2H])C([2H])(c2cc(C)cc(=O)[nH]2)C([2H])([2H])C1([2H])[2H]. The van der Waals surface area contributed by atoms with E-state index in [-0.39, 0.29) is 5.56 Å². The van der Waals surface area contributed by atoms with E-state index in [0.29, 0.717) is 0 Å². The number of hydrogen-bond donors (Lipinski definition) is 1. The predicted octanol–water partition coefficient (Wildman–Crippen LogP) is 2.73. The Labute approximate surface area is 99.8 Å². The van der Waals surface area contributed by atoms with Gasteiger partial charge in [0.15, 0.2) is 0 Å². The van der Waals surface area contributed by atoms with Crippen molar-refractivity contribution in [1.82, 2.24) is 4.98 Å². The highest BCUT2D eigenvalue weighted by atomic mass is 16.1. The van der Waals surface area contributed by atoms with Crippen molar-refractivity contribution in [2.24, 2.45) is 0 Å². The van der Waals surface area contributed by atoms with Gasteiger partial charge < -0.3 is 4.98 Å². The summed E-state index contributed by atoms with van der Waals surface area (Å²) in [6.45, 7) is 1.43. The van der Waals surface area contributed by atoms with Crippen LogP contribution in [0.3, 0.4) is 0 Å². The van der Waals surface area contributed by atoms with Crippen molar-refractivity contribution in [3.8, 4) is 0 Å². The number of rotatable bonds is 1. The zero-order valence-corrected chi connectivity index (χ0v) is 7.56. The van der Waals surface area contributed by atoms with Crippen LogP contribution in [-0.2, 0) is 0 Å². The molecule has 0 aromatic carbocycles. The molecule has 0 atom stereocenters. The summed E-state index contributed by atoms with van der Waals surface area (Å²) < 4.78 is 87.8. The fourth-order valence-electron chi connectivity index (χ4n) is 1.20. The third kappa shape index (κ3) is 2.06. The molecule has 2 nitrogen and oxygen atoms in total. The quantitative estimate of drug-likeness (QED) is 0.746. The molecule has 0 saturated heterocycles.